The Bertz CT molecular complexity index is 1090. The van der Waals surface area contributed by atoms with Crippen LogP contribution in [0.2, 0.25) is 0 Å². The van der Waals surface area contributed by atoms with Crippen molar-refractivity contribution in [2.45, 2.75) is 26.4 Å². The van der Waals surface area contributed by atoms with Crippen molar-refractivity contribution < 1.29 is 18.4 Å². The molecule has 1 aromatic heterocycles. The predicted molar refractivity (Wildman–Crippen MR) is 108 cm³/mol. The fourth-order valence-corrected chi connectivity index (χ4v) is 3.17. The average molecular weight is 412 g/mol. The van der Waals surface area contributed by atoms with Crippen molar-refractivity contribution in [2.24, 2.45) is 0 Å². The van der Waals surface area contributed by atoms with Gasteiger partial charge in [-0.05, 0) is 55.3 Å². The molecule has 0 spiro atoms. The molecule has 0 fully saturated rings. The van der Waals surface area contributed by atoms with Crippen molar-refractivity contribution in [3.8, 4) is 0 Å². The zero-order valence-corrected chi connectivity index (χ0v) is 16.9. The number of nitrogens with zero attached hydrogens (tertiary/aromatic N) is 2. The van der Waals surface area contributed by atoms with E-state index in [1.807, 2.05) is 30.7 Å². The second kappa shape index (κ2) is 8.86. The Balaban J connectivity index is 1.82. The van der Waals surface area contributed by atoms with Crippen LogP contribution in [0.1, 0.15) is 38.9 Å². The van der Waals surface area contributed by atoms with Gasteiger partial charge in [-0.1, -0.05) is 18.2 Å². The second-order valence-corrected chi connectivity index (χ2v) is 6.98. The monoisotopic (exact) mass is 412 g/mol. The second-order valence-electron chi connectivity index (χ2n) is 6.98. The highest BCUT2D eigenvalue weighted by Crippen LogP contribution is 2.18. The number of aryl methyl sites for hydroxylation is 2. The van der Waals surface area contributed by atoms with Gasteiger partial charge in [0.1, 0.15) is 6.04 Å². The van der Waals surface area contributed by atoms with Crippen LogP contribution >= 0.6 is 0 Å². The number of rotatable bonds is 6. The molecule has 0 bridgehead atoms. The van der Waals surface area contributed by atoms with Gasteiger partial charge in [-0.25, -0.2) is 8.78 Å². The summed E-state index contributed by atoms with van der Waals surface area (Å²) in [5.74, 6) is -3.18. The van der Waals surface area contributed by atoms with E-state index in [9.17, 15) is 18.4 Å². The molecular weight excluding hydrogens is 390 g/mol. The minimum atomic E-state index is -1.17. The number of nitrogens with one attached hydrogen (secondary N) is 2. The first-order valence-electron chi connectivity index (χ1n) is 9.36. The van der Waals surface area contributed by atoms with Crippen molar-refractivity contribution in [2.75, 3.05) is 7.05 Å². The van der Waals surface area contributed by atoms with E-state index in [1.165, 1.54) is 13.1 Å². The third-order valence-corrected chi connectivity index (χ3v) is 4.69. The van der Waals surface area contributed by atoms with E-state index in [-0.39, 0.29) is 5.56 Å². The summed E-state index contributed by atoms with van der Waals surface area (Å²) in [6, 6.07) is 10.8. The van der Waals surface area contributed by atoms with Gasteiger partial charge in [0, 0.05) is 18.3 Å². The molecule has 0 aliphatic carbocycles. The lowest BCUT2D eigenvalue weighted by Gasteiger charge is -2.18. The number of amides is 2. The van der Waals surface area contributed by atoms with Gasteiger partial charge < -0.3 is 10.6 Å². The third-order valence-electron chi connectivity index (χ3n) is 4.69. The minimum absolute atomic E-state index is 0.139. The molecule has 6 nitrogen and oxygen atoms in total. The van der Waals surface area contributed by atoms with Gasteiger partial charge in [0.05, 0.1) is 12.2 Å². The van der Waals surface area contributed by atoms with E-state index in [0.717, 1.165) is 29.1 Å². The lowest BCUT2D eigenvalue weighted by molar-refractivity contribution is -0.122. The highest BCUT2D eigenvalue weighted by Gasteiger charge is 2.23. The summed E-state index contributed by atoms with van der Waals surface area (Å²) >= 11 is 0. The molecule has 1 unspecified atom stereocenters. The predicted octanol–water partition coefficient (Wildman–Crippen LogP) is 3.04. The smallest absolute Gasteiger partial charge is 0.252 e. The van der Waals surface area contributed by atoms with E-state index < -0.39 is 29.5 Å². The molecular formula is C22H22F2N4O2. The fraction of sp³-hybridized carbons (Fsp3) is 0.227. The van der Waals surface area contributed by atoms with Gasteiger partial charge in [0.25, 0.3) is 5.91 Å². The summed E-state index contributed by atoms with van der Waals surface area (Å²) in [5.41, 5.74) is 3.24. The largest absolute Gasteiger partial charge is 0.357 e. The van der Waals surface area contributed by atoms with Crippen LogP contribution in [-0.4, -0.2) is 28.6 Å². The molecule has 0 aliphatic heterocycles. The maximum Gasteiger partial charge on any atom is 0.252 e. The van der Waals surface area contributed by atoms with Gasteiger partial charge in [-0.3, -0.25) is 14.3 Å². The number of hydrogen-bond acceptors (Lipinski definition) is 3. The Kier molecular flexibility index (Phi) is 6.25. The van der Waals surface area contributed by atoms with Gasteiger partial charge >= 0.3 is 0 Å². The number of halogens is 2. The summed E-state index contributed by atoms with van der Waals surface area (Å²) in [7, 11) is 1.40. The third kappa shape index (κ3) is 4.71. The molecule has 0 saturated heterocycles. The Hall–Kier alpha value is -3.55. The Morgan fingerprint density at radius 3 is 2.47 bits per heavy atom. The van der Waals surface area contributed by atoms with E-state index in [4.69, 9.17) is 0 Å². The summed E-state index contributed by atoms with van der Waals surface area (Å²) in [4.78, 5) is 25.1. The number of carbonyl (C=O) groups excluding carboxylic acids is 2. The molecule has 1 atom stereocenters. The van der Waals surface area contributed by atoms with E-state index in [2.05, 4.69) is 15.7 Å². The van der Waals surface area contributed by atoms with Gasteiger partial charge in [-0.15, -0.1) is 0 Å². The molecule has 3 rings (SSSR count). The highest BCUT2D eigenvalue weighted by atomic mass is 19.2. The van der Waals surface area contributed by atoms with E-state index in [0.29, 0.717) is 12.1 Å². The molecule has 30 heavy (non-hydrogen) atoms. The molecule has 0 radical (unpaired) electrons. The standard InChI is InChI=1S/C22H22F2N4O2/c1-13-9-14(2)28(27-13)12-15-5-4-6-17(10-15)21(29)26-20(22(30)25-3)16-7-8-18(23)19(24)11-16/h4-11,20H,12H2,1-3H3,(H,25,30)(H,26,29). The first kappa shape index (κ1) is 21.2. The molecule has 1 heterocycles. The van der Waals surface area contributed by atoms with Crippen molar-refractivity contribution in [1.29, 1.82) is 0 Å². The zero-order chi connectivity index (χ0) is 21.8. The topological polar surface area (TPSA) is 76.0 Å². The molecule has 0 aliphatic rings. The van der Waals surface area contributed by atoms with Crippen molar-refractivity contribution in [1.82, 2.24) is 20.4 Å². The minimum Gasteiger partial charge on any atom is -0.357 e. The quantitative estimate of drug-likeness (QED) is 0.654. The summed E-state index contributed by atoms with van der Waals surface area (Å²) in [5, 5.41) is 9.43. The van der Waals surface area contributed by atoms with Crippen LogP contribution in [0.25, 0.3) is 0 Å². The first-order valence-corrected chi connectivity index (χ1v) is 9.36. The molecule has 3 aromatic rings. The van der Waals surface area contributed by atoms with E-state index >= 15 is 0 Å². The zero-order valence-electron chi connectivity index (χ0n) is 16.9. The molecule has 156 valence electrons. The summed E-state index contributed by atoms with van der Waals surface area (Å²) < 4.78 is 28.7. The van der Waals surface area contributed by atoms with Gasteiger partial charge in [-0.2, -0.15) is 5.10 Å². The van der Waals surface area contributed by atoms with Crippen LogP contribution in [0.5, 0.6) is 0 Å². The number of benzene rings is 2. The lowest BCUT2D eigenvalue weighted by atomic mass is 10.0. The fourth-order valence-electron chi connectivity index (χ4n) is 3.17. The highest BCUT2D eigenvalue weighted by molar-refractivity contribution is 5.98. The molecule has 2 amide bonds. The Morgan fingerprint density at radius 2 is 1.83 bits per heavy atom. The van der Waals surface area contributed by atoms with Crippen LogP contribution in [0.15, 0.2) is 48.5 Å². The molecule has 2 N–H and O–H groups in total. The first-order chi connectivity index (χ1) is 14.3. The van der Waals surface area contributed by atoms with Crippen LogP contribution in [-0.2, 0) is 11.3 Å². The molecule has 0 saturated carbocycles. The van der Waals surface area contributed by atoms with Gasteiger partial charge in [0.2, 0.25) is 5.91 Å². The SMILES string of the molecule is CNC(=O)C(NC(=O)c1cccc(Cn2nc(C)cc2C)c1)c1ccc(F)c(F)c1. The Labute approximate surface area is 172 Å². The van der Waals surface area contributed by atoms with Crippen molar-refractivity contribution >= 4 is 11.8 Å². The van der Waals surface area contributed by atoms with Crippen LogP contribution in [0, 0.1) is 25.5 Å². The lowest BCUT2D eigenvalue weighted by Crippen LogP contribution is -2.39. The van der Waals surface area contributed by atoms with Crippen LogP contribution in [0.4, 0.5) is 8.78 Å². The number of carbonyl (C=O) groups is 2. The molecule has 2 aromatic carbocycles. The van der Waals surface area contributed by atoms with Crippen LogP contribution < -0.4 is 10.6 Å². The van der Waals surface area contributed by atoms with Crippen LogP contribution in [0.3, 0.4) is 0 Å². The normalized spacial score (nSPS) is 11.8. The van der Waals surface area contributed by atoms with Gasteiger partial charge in [0.15, 0.2) is 11.6 Å². The van der Waals surface area contributed by atoms with Crippen molar-refractivity contribution in [3.05, 3.63) is 88.2 Å². The van der Waals surface area contributed by atoms with Crippen molar-refractivity contribution in [3.63, 3.8) is 0 Å². The maximum absolute atomic E-state index is 13.6. The summed E-state index contributed by atoms with van der Waals surface area (Å²) in [6.45, 7) is 4.35. The number of aromatic nitrogens is 2. The summed E-state index contributed by atoms with van der Waals surface area (Å²) in [6.07, 6.45) is 0. The van der Waals surface area contributed by atoms with E-state index in [1.54, 1.807) is 18.2 Å². The maximum atomic E-state index is 13.6. The number of hydrogen-bond donors (Lipinski definition) is 2. The average Bonchev–Trinajstić information content (AvgIpc) is 3.04. The Morgan fingerprint density at radius 1 is 1.07 bits per heavy atom. The molecule has 8 heteroatoms. The number of likely N-dealkylation sites (N-methyl/N-ethyl adjacent to an activating group) is 1.